The number of nitrogens with two attached hydrogens (primary N) is 1. The van der Waals surface area contributed by atoms with Gasteiger partial charge in [-0.1, -0.05) is 12.1 Å². The fraction of sp³-hybridized carbons (Fsp3) is 0.455. The fourth-order valence-electron chi connectivity index (χ4n) is 1.72. The monoisotopic (exact) mass is 210 g/mol. The van der Waals surface area contributed by atoms with Gasteiger partial charge in [-0.15, -0.1) is 0 Å². The minimum atomic E-state index is -0.333. The molecule has 2 rings (SSSR count). The molecule has 0 atom stereocenters. The third-order valence-corrected chi connectivity index (χ3v) is 2.64. The Labute approximate surface area is 88.6 Å². The van der Waals surface area contributed by atoms with Gasteiger partial charge in [-0.2, -0.15) is 0 Å². The quantitative estimate of drug-likeness (QED) is 0.746. The van der Waals surface area contributed by atoms with Gasteiger partial charge in [-0.3, -0.25) is 4.90 Å². The molecule has 1 aliphatic heterocycles. The number of hydrogen-bond donors (Lipinski definition) is 1. The predicted molar refractivity (Wildman–Crippen MR) is 56.9 cm³/mol. The van der Waals surface area contributed by atoms with Crippen molar-refractivity contribution in [2.75, 3.05) is 32.0 Å². The van der Waals surface area contributed by atoms with Crippen LogP contribution in [0.25, 0.3) is 0 Å². The number of anilines is 1. The van der Waals surface area contributed by atoms with Gasteiger partial charge in [0, 0.05) is 19.6 Å². The van der Waals surface area contributed by atoms with E-state index >= 15 is 0 Å². The number of hydrogen-bond acceptors (Lipinski definition) is 3. The standard InChI is InChI=1S/C11H15FN2O/c12-10-3-1-2-9(11(10)13)8-14-4-6-15-7-5-14/h1-3H,4-8,13H2. The van der Waals surface area contributed by atoms with E-state index in [2.05, 4.69) is 4.90 Å². The van der Waals surface area contributed by atoms with Gasteiger partial charge in [-0.05, 0) is 11.6 Å². The lowest BCUT2D eigenvalue weighted by Gasteiger charge is -2.27. The Balaban J connectivity index is 2.06. The highest BCUT2D eigenvalue weighted by Crippen LogP contribution is 2.18. The summed E-state index contributed by atoms with van der Waals surface area (Å²) < 4.78 is 18.4. The molecule has 0 unspecified atom stereocenters. The predicted octanol–water partition coefficient (Wildman–Crippen LogP) is 1.24. The zero-order chi connectivity index (χ0) is 10.7. The Morgan fingerprint density at radius 2 is 2.07 bits per heavy atom. The van der Waals surface area contributed by atoms with Gasteiger partial charge in [0.15, 0.2) is 0 Å². The van der Waals surface area contributed by atoms with Crippen molar-refractivity contribution in [3.63, 3.8) is 0 Å². The van der Waals surface area contributed by atoms with Crippen molar-refractivity contribution < 1.29 is 9.13 Å². The van der Waals surface area contributed by atoms with E-state index in [1.165, 1.54) is 6.07 Å². The third kappa shape index (κ3) is 2.46. The molecule has 1 heterocycles. The number of morpholine rings is 1. The van der Waals surface area contributed by atoms with Crippen LogP contribution in [0, 0.1) is 5.82 Å². The topological polar surface area (TPSA) is 38.5 Å². The normalized spacial score (nSPS) is 17.9. The highest BCUT2D eigenvalue weighted by molar-refractivity contribution is 5.47. The van der Waals surface area contributed by atoms with E-state index in [9.17, 15) is 4.39 Å². The highest BCUT2D eigenvalue weighted by Gasteiger charge is 2.13. The molecule has 0 radical (unpaired) electrons. The van der Waals surface area contributed by atoms with E-state index in [-0.39, 0.29) is 11.5 Å². The van der Waals surface area contributed by atoms with Gasteiger partial charge in [0.05, 0.1) is 18.9 Å². The number of rotatable bonds is 2. The molecule has 15 heavy (non-hydrogen) atoms. The van der Waals surface area contributed by atoms with Crippen LogP contribution < -0.4 is 5.73 Å². The summed E-state index contributed by atoms with van der Waals surface area (Å²) in [6, 6.07) is 4.95. The van der Waals surface area contributed by atoms with Crippen molar-refractivity contribution in [1.29, 1.82) is 0 Å². The molecule has 3 nitrogen and oxygen atoms in total. The van der Waals surface area contributed by atoms with Crippen molar-refractivity contribution in [3.05, 3.63) is 29.6 Å². The maximum atomic E-state index is 13.2. The number of ether oxygens (including phenoxy) is 1. The van der Waals surface area contributed by atoms with Crippen LogP contribution in [-0.4, -0.2) is 31.2 Å². The second kappa shape index (κ2) is 4.59. The molecular weight excluding hydrogens is 195 g/mol. The van der Waals surface area contributed by atoms with Crippen LogP contribution in [-0.2, 0) is 11.3 Å². The zero-order valence-electron chi connectivity index (χ0n) is 8.58. The smallest absolute Gasteiger partial charge is 0.146 e. The van der Waals surface area contributed by atoms with E-state index in [0.29, 0.717) is 6.54 Å². The van der Waals surface area contributed by atoms with E-state index in [0.717, 1.165) is 31.9 Å². The molecule has 1 aromatic carbocycles. The second-order valence-corrected chi connectivity index (χ2v) is 3.70. The van der Waals surface area contributed by atoms with Crippen LogP contribution in [0.5, 0.6) is 0 Å². The maximum absolute atomic E-state index is 13.2. The first-order valence-corrected chi connectivity index (χ1v) is 5.10. The Kier molecular flexibility index (Phi) is 3.18. The molecule has 82 valence electrons. The summed E-state index contributed by atoms with van der Waals surface area (Å²) in [6.07, 6.45) is 0. The molecule has 0 aliphatic carbocycles. The number of nitrogen functional groups attached to an aromatic ring is 1. The summed E-state index contributed by atoms with van der Waals surface area (Å²) in [5, 5.41) is 0. The van der Waals surface area contributed by atoms with Crippen molar-refractivity contribution in [2.45, 2.75) is 6.54 Å². The summed E-state index contributed by atoms with van der Waals surface area (Å²) in [7, 11) is 0. The van der Waals surface area contributed by atoms with Crippen molar-refractivity contribution >= 4 is 5.69 Å². The van der Waals surface area contributed by atoms with Gasteiger partial charge in [-0.25, -0.2) is 4.39 Å². The first-order valence-electron chi connectivity index (χ1n) is 5.10. The van der Waals surface area contributed by atoms with Crippen LogP contribution in [0.3, 0.4) is 0 Å². The summed E-state index contributed by atoms with van der Waals surface area (Å²) in [4.78, 5) is 2.22. The molecule has 1 aromatic rings. The molecule has 0 amide bonds. The van der Waals surface area contributed by atoms with Gasteiger partial charge in [0.2, 0.25) is 0 Å². The Hall–Kier alpha value is -1.13. The van der Waals surface area contributed by atoms with E-state index in [4.69, 9.17) is 10.5 Å². The Bertz CT molecular complexity index is 337. The number of halogens is 1. The van der Waals surface area contributed by atoms with Crippen molar-refractivity contribution in [1.82, 2.24) is 4.90 Å². The summed E-state index contributed by atoms with van der Waals surface area (Å²) in [6.45, 7) is 3.96. The second-order valence-electron chi connectivity index (χ2n) is 3.70. The highest BCUT2D eigenvalue weighted by atomic mass is 19.1. The van der Waals surface area contributed by atoms with Gasteiger partial charge < -0.3 is 10.5 Å². The Morgan fingerprint density at radius 3 is 2.80 bits per heavy atom. The van der Waals surface area contributed by atoms with Crippen molar-refractivity contribution in [2.24, 2.45) is 0 Å². The van der Waals surface area contributed by atoms with Crippen LogP contribution in [0.2, 0.25) is 0 Å². The molecule has 1 fully saturated rings. The largest absolute Gasteiger partial charge is 0.396 e. The number of nitrogens with zero attached hydrogens (tertiary/aromatic N) is 1. The number of benzene rings is 1. The van der Waals surface area contributed by atoms with E-state index in [1.54, 1.807) is 6.07 Å². The average Bonchev–Trinajstić information content (AvgIpc) is 2.26. The van der Waals surface area contributed by atoms with Crippen LogP contribution in [0.15, 0.2) is 18.2 Å². The first kappa shape index (κ1) is 10.4. The van der Waals surface area contributed by atoms with Crippen LogP contribution >= 0.6 is 0 Å². The van der Waals surface area contributed by atoms with Gasteiger partial charge >= 0.3 is 0 Å². The lowest BCUT2D eigenvalue weighted by atomic mass is 10.1. The summed E-state index contributed by atoms with van der Waals surface area (Å²) in [5.41, 5.74) is 6.79. The lowest BCUT2D eigenvalue weighted by molar-refractivity contribution is 0.0342. The summed E-state index contributed by atoms with van der Waals surface area (Å²) in [5.74, 6) is -0.333. The van der Waals surface area contributed by atoms with Crippen LogP contribution in [0.4, 0.5) is 10.1 Å². The molecular formula is C11H15FN2O. The molecule has 1 aliphatic rings. The average molecular weight is 210 g/mol. The van der Waals surface area contributed by atoms with Crippen LogP contribution in [0.1, 0.15) is 5.56 Å². The van der Waals surface area contributed by atoms with E-state index < -0.39 is 0 Å². The maximum Gasteiger partial charge on any atom is 0.146 e. The van der Waals surface area contributed by atoms with Gasteiger partial charge in [0.25, 0.3) is 0 Å². The fourth-order valence-corrected chi connectivity index (χ4v) is 1.72. The first-order chi connectivity index (χ1) is 7.27. The molecule has 2 N–H and O–H groups in total. The SMILES string of the molecule is Nc1c(F)cccc1CN1CCOCC1. The minimum absolute atomic E-state index is 0.268. The van der Waals surface area contributed by atoms with Gasteiger partial charge in [0.1, 0.15) is 5.82 Å². The van der Waals surface area contributed by atoms with E-state index in [1.807, 2.05) is 6.07 Å². The molecule has 0 spiro atoms. The minimum Gasteiger partial charge on any atom is -0.396 e. The van der Waals surface area contributed by atoms with Crippen molar-refractivity contribution in [3.8, 4) is 0 Å². The zero-order valence-corrected chi connectivity index (χ0v) is 8.58. The third-order valence-electron chi connectivity index (χ3n) is 2.64. The molecule has 0 saturated carbocycles. The molecule has 1 saturated heterocycles. The summed E-state index contributed by atoms with van der Waals surface area (Å²) >= 11 is 0. The molecule has 0 bridgehead atoms. The Morgan fingerprint density at radius 1 is 1.33 bits per heavy atom. The lowest BCUT2D eigenvalue weighted by Crippen LogP contribution is -2.35. The number of para-hydroxylation sites is 1. The molecule has 4 heteroatoms. The molecule has 0 aromatic heterocycles.